The van der Waals surface area contributed by atoms with E-state index in [0.29, 0.717) is 13.2 Å². The molecule has 0 aliphatic heterocycles. The molecule has 0 aliphatic rings. The third kappa shape index (κ3) is 9.08. The van der Waals surface area contributed by atoms with Crippen molar-refractivity contribution in [2.75, 3.05) is 19.8 Å². The summed E-state index contributed by atoms with van der Waals surface area (Å²) in [6.07, 6.45) is 8.66. The molecule has 23 heavy (non-hydrogen) atoms. The number of ether oxygens (including phenoxy) is 1. The Hall–Kier alpha value is -0.910. The van der Waals surface area contributed by atoms with E-state index in [1.165, 1.54) is 38.5 Å². The van der Waals surface area contributed by atoms with Gasteiger partial charge in [0.1, 0.15) is 0 Å². The molecule has 0 radical (unpaired) electrons. The Kier molecular flexibility index (Phi) is 10.2. The first-order chi connectivity index (χ1) is 11.1. The monoisotopic (exact) mass is 342 g/mol. The highest BCUT2D eigenvalue weighted by Gasteiger charge is 2.14. The van der Waals surface area contributed by atoms with Crippen molar-refractivity contribution in [3.05, 3.63) is 29.8 Å². The summed E-state index contributed by atoms with van der Waals surface area (Å²) in [4.78, 5) is 0.190. The third-order valence-corrected chi connectivity index (χ3v) is 4.99. The molecule has 5 heteroatoms. The van der Waals surface area contributed by atoms with Crippen molar-refractivity contribution in [3.8, 4) is 0 Å². The van der Waals surface area contributed by atoms with Gasteiger partial charge in [0.15, 0.2) is 0 Å². The average molecular weight is 343 g/mol. The van der Waals surface area contributed by atoms with Crippen LogP contribution < -0.4 is 0 Å². The molecule has 4 nitrogen and oxygen atoms in total. The fraction of sp³-hybridized carbons (Fsp3) is 0.667. The highest BCUT2D eigenvalue weighted by molar-refractivity contribution is 7.86. The minimum atomic E-state index is -3.67. The average Bonchev–Trinajstić information content (AvgIpc) is 2.53. The van der Waals surface area contributed by atoms with Crippen LogP contribution in [0.25, 0.3) is 0 Å². The summed E-state index contributed by atoms with van der Waals surface area (Å²) in [5.41, 5.74) is 1.02. The molecule has 0 bridgehead atoms. The fourth-order valence-corrected chi connectivity index (χ4v) is 3.13. The summed E-state index contributed by atoms with van der Waals surface area (Å²) in [5.74, 6) is 0. The van der Waals surface area contributed by atoms with Crippen LogP contribution in [0.15, 0.2) is 29.2 Å². The largest absolute Gasteiger partial charge is 0.379 e. The molecule has 1 aromatic rings. The summed E-state index contributed by atoms with van der Waals surface area (Å²) in [6, 6.07) is 6.63. The molecule has 0 saturated heterocycles. The second-order valence-electron chi connectivity index (χ2n) is 5.82. The van der Waals surface area contributed by atoms with Crippen LogP contribution in [0.3, 0.4) is 0 Å². The van der Waals surface area contributed by atoms with Crippen LogP contribution in [0.1, 0.15) is 57.4 Å². The first kappa shape index (κ1) is 20.1. The van der Waals surface area contributed by atoms with Gasteiger partial charge in [0.2, 0.25) is 0 Å². The van der Waals surface area contributed by atoms with Gasteiger partial charge in [-0.1, -0.05) is 63.1 Å². The molecular formula is C18H30O4S. The van der Waals surface area contributed by atoms with Crippen LogP contribution >= 0.6 is 0 Å². The van der Waals surface area contributed by atoms with Gasteiger partial charge in [-0.25, -0.2) is 0 Å². The lowest BCUT2D eigenvalue weighted by Gasteiger charge is -2.07. The van der Waals surface area contributed by atoms with Gasteiger partial charge in [0.25, 0.3) is 10.1 Å². The Morgan fingerprint density at radius 2 is 1.43 bits per heavy atom. The zero-order valence-corrected chi connectivity index (χ0v) is 15.2. The van der Waals surface area contributed by atoms with Gasteiger partial charge in [-0.05, 0) is 25.5 Å². The Morgan fingerprint density at radius 1 is 0.826 bits per heavy atom. The minimum Gasteiger partial charge on any atom is -0.379 e. The molecule has 0 heterocycles. The van der Waals surface area contributed by atoms with E-state index in [9.17, 15) is 8.42 Å². The van der Waals surface area contributed by atoms with Gasteiger partial charge in [0.05, 0.1) is 18.1 Å². The summed E-state index contributed by atoms with van der Waals surface area (Å²) >= 11 is 0. The van der Waals surface area contributed by atoms with Crippen molar-refractivity contribution >= 4 is 10.1 Å². The lowest BCUT2D eigenvalue weighted by molar-refractivity contribution is 0.0989. The molecule has 0 N–H and O–H groups in total. The van der Waals surface area contributed by atoms with Gasteiger partial charge in [-0.2, -0.15) is 8.42 Å². The van der Waals surface area contributed by atoms with E-state index < -0.39 is 10.1 Å². The molecule has 0 amide bonds. The SMILES string of the molecule is CCCCCCCCCOCCOS(=O)(=O)c1ccc(C)cc1. The maximum absolute atomic E-state index is 11.9. The van der Waals surface area contributed by atoms with Crippen LogP contribution in [0.4, 0.5) is 0 Å². The molecule has 0 atom stereocenters. The molecule has 0 spiro atoms. The Labute approximate surface area is 141 Å². The summed E-state index contributed by atoms with van der Waals surface area (Å²) in [6.45, 7) is 5.17. The highest BCUT2D eigenvalue weighted by atomic mass is 32.2. The molecule has 0 unspecified atom stereocenters. The second kappa shape index (κ2) is 11.6. The van der Waals surface area contributed by atoms with Crippen molar-refractivity contribution < 1.29 is 17.3 Å². The topological polar surface area (TPSA) is 52.6 Å². The number of unbranched alkanes of at least 4 members (excludes halogenated alkanes) is 6. The van der Waals surface area contributed by atoms with Crippen molar-refractivity contribution in [2.45, 2.75) is 63.7 Å². The lowest BCUT2D eigenvalue weighted by atomic mass is 10.1. The zero-order valence-electron chi connectivity index (χ0n) is 14.4. The van der Waals surface area contributed by atoms with Crippen molar-refractivity contribution in [2.24, 2.45) is 0 Å². The van der Waals surface area contributed by atoms with Crippen LogP contribution in [-0.4, -0.2) is 28.2 Å². The number of rotatable bonds is 13. The third-order valence-electron chi connectivity index (χ3n) is 3.67. The molecule has 1 rings (SSSR count). The number of benzene rings is 1. The Balaban J connectivity index is 2.05. The predicted octanol–water partition coefficient (Wildman–Crippen LogP) is 4.47. The van der Waals surface area contributed by atoms with E-state index in [1.54, 1.807) is 24.3 Å². The summed E-state index contributed by atoms with van der Waals surface area (Å²) in [5, 5.41) is 0. The maximum atomic E-state index is 11.9. The molecule has 0 aliphatic carbocycles. The molecule has 132 valence electrons. The van der Waals surface area contributed by atoms with E-state index >= 15 is 0 Å². The van der Waals surface area contributed by atoms with Crippen molar-refractivity contribution in [3.63, 3.8) is 0 Å². The second-order valence-corrected chi connectivity index (χ2v) is 7.44. The van der Waals surface area contributed by atoms with Gasteiger partial charge in [0, 0.05) is 6.61 Å². The first-order valence-electron chi connectivity index (χ1n) is 8.60. The van der Waals surface area contributed by atoms with E-state index in [0.717, 1.165) is 12.0 Å². The van der Waals surface area contributed by atoms with E-state index in [2.05, 4.69) is 6.92 Å². The van der Waals surface area contributed by atoms with Gasteiger partial charge in [-0.3, -0.25) is 4.18 Å². The molecule has 0 aromatic heterocycles. The molecule has 0 fully saturated rings. The normalized spacial score (nSPS) is 11.7. The zero-order chi connectivity index (χ0) is 17.0. The van der Waals surface area contributed by atoms with Crippen LogP contribution in [0.5, 0.6) is 0 Å². The first-order valence-corrected chi connectivity index (χ1v) is 10.0. The van der Waals surface area contributed by atoms with Crippen LogP contribution in [0.2, 0.25) is 0 Å². The van der Waals surface area contributed by atoms with Gasteiger partial charge in [-0.15, -0.1) is 0 Å². The number of aryl methyl sites for hydroxylation is 1. The van der Waals surface area contributed by atoms with E-state index in [1.807, 2.05) is 6.92 Å². The number of hydrogen-bond acceptors (Lipinski definition) is 4. The maximum Gasteiger partial charge on any atom is 0.297 e. The van der Waals surface area contributed by atoms with E-state index in [-0.39, 0.29) is 11.5 Å². The Morgan fingerprint density at radius 3 is 2.09 bits per heavy atom. The highest BCUT2D eigenvalue weighted by Crippen LogP contribution is 2.13. The van der Waals surface area contributed by atoms with Gasteiger partial charge >= 0.3 is 0 Å². The lowest BCUT2D eigenvalue weighted by Crippen LogP contribution is -2.12. The van der Waals surface area contributed by atoms with Crippen molar-refractivity contribution in [1.29, 1.82) is 0 Å². The minimum absolute atomic E-state index is 0.0622. The van der Waals surface area contributed by atoms with Crippen LogP contribution in [0, 0.1) is 6.92 Å². The van der Waals surface area contributed by atoms with Crippen LogP contribution in [-0.2, 0) is 19.0 Å². The summed E-state index contributed by atoms with van der Waals surface area (Å²) in [7, 11) is -3.67. The number of hydrogen-bond donors (Lipinski definition) is 0. The summed E-state index contributed by atoms with van der Waals surface area (Å²) < 4.78 is 34.2. The van der Waals surface area contributed by atoms with E-state index in [4.69, 9.17) is 8.92 Å². The standard InChI is InChI=1S/C18H30O4S/c1-3-4-5-6-7-8-9-14-21-15-16-22-23(19,20)18-12-10-17(2)11-13-18/h10-13H,3-9,14-16H2,1-2H3. The van der Waals surface area contributed by atoms with Crippen molar-refractivity contribution in [1.82, 2.24) is 0 Å². The molecular weight excluding hydrogens is 312 g/mol. The smallest absolute Gasteiger partial charge is 0.297 e. The predicted molar refractivity (Wildman–Crippen MR) is 93.1 cm³/mol. The Bertz CT molecular complexity index is 508. The fourth-order valence-electron chi connectivity index (χ4n) is 2.24. The van der Waals surface area contributed by atoms with Gasteiger partial charge < -0.3 is 4.74 Å². The molecule has 1 aromatic carbocycles. The quantitative estimate of drug-likeness (QED) is 0.392. The molecule has 0 saturated carbocycles.